The second-order valence-corrected chi connectivity index (χ2v) is 7.71. The molecule has 2 rings (SSSR count). The Morgan fingerprint density at radius 3 is 2.43 bits per heavy atom. The maximum absolute atomic E-state index is 12.4. The molecular formula is C17H33N3O. The van der Waals surface area contributed by atoms with Gasteiger partial charge in [-0.05, 0) is 50.5 Å². The van der Waals surface area contributed by atoms with Crippen molar-refractivity contribution in [3.05, 3.63) is 0 Å². The van der Waals surface area contributed by atoms with Crippen molar-refractivity contribution in [3.63, 3.8) is 0 Å². The number of likely N-dealkylation sites (tertiary alicyclic amines) is 2. The van der Waals surface area contributed by atoms with Gasteiger partial charge in [0.25, 0.3) is 0 Å². The number of rotatable bonds is 3. The number of piperidine rings is 2. The van der Waals surface area contributed by atoms with Crippen LogP contribution in [-0.4, -0.2) is 54.6 Å². The van der Waals surface area contributed by atoms with E-state index in [0.29, 0.717) is 11.8 Å². The van der Waals surface area contributed by atoms with Gasteiger partial charge in [-0.2, -0.15) is 0 Å². The van der Waals surface area contributed by atoms with Crippen LogP contribution in [0.3, 0.4) is 0 Å². The zero-order valence-electron chi connectivity index (χ0n) is 14.3. The highest BCUT2D eigenvalue weighted by atomic mass is 16.2. The first-order valence-electron chi connectivity index (χ1n) is 8.71. The molecule has 0 saturated carbocycles. The molecule has 2 saturated heterocycles. The third-order valence-electron chi connectivity index (χ3n) is 4.80. The van der Waals surface area contributed by atoms with Crippen molar-refractivity contribution >= 4 is 6.03 Å². The summed E-state index contributed by atoms with van der Waals surface area (Å²) in [6.45, 7) is 14.1. The van der Waals surface area contributed by atoms with E-state index < -0.39 is 0 Å². The van der Waals surface area contributed by atoms with Crippen LogP contribution >= 0.6 is 0 Å². The lowest BCUT2D eigenvalue weighted by Crippen LogP contribution is -2.52. The molecule has 0 spiro atoms. The van der Waals surface area contributed by atoms with Crippen LogP contribution in [0.25, 0.3) is 0 Å². The first-order chi connectivity index (χ1) is 9.94. The number of amides is 2. The molecule has 4 atom stereocenters. The second kappa shape index (κ2) is 7.48. The molecule has 21 heavy (non-hydrogen) atoms. The number of hydrogen-bond donors (Lipinski definition) is 1. The molecule has 1 N–H and O–H groups in total. The summed E-state index contributed by atoms with van der Waals surface area (Å²) in [6.07, 6.45) is 3.88. The highest BCUT2D eigenvalue weighted by Gasteiger charge is 2.26. The quantitative estimate of drug-likeness (QED) is 0.869. The van der Waals surface area contributed by atoms with E-state index in [2.05, 4.69) is 37.9 Å². The van der Waals surface area contributed by atoms with Crippen molar-refractivity contribution in [1.29, 1.82) is 0 Å². The first-order valence-corrected chi connectivity index (χ1v) is 8.71. The predicted octanol–water partition coefficient (Wildman–Crippen LogP) is 2.79. The van der Waals surface area contributed by atoms with Crippen LogP contribution in [0.4, 0.5) is 4.79 Å². The molecule has 0 radical (unpaired) electrons. The van der Waals surface area contributed by atoms with Crippen LogP contribution in [0.15, 0.2) is 0 Å². The van der Waals surface area contributed by atoms with Crippen LogP contribution in [0.5, 0.6) is 0 Å². The molecule has 0 aromatic carbocycles. The normalized spacial score (nSPS) is 32.8. The number of carbonyl (C=O) groups excluding carboxylic acids is 1. The first kappa shape index (κ1) is 16.6. The third-order valence-corrected chi connectivity index (χ3v) is 4.80. The Hall–Kier alpha value is -0.770. The molecule has 0 aromatic heterocycles. The van der Waals surface area contributed by atoms with Gasteiger partial charge in [0.2, 0.25) is 0 Å². The molecule has 4 nitrogen and oxygen atoms in total. The Kier molecular flexibility index (Phi) is 5.91. The van der Waals surface area contributed by atoms with Gasteiger partial charge >= 0.3 is 6.03 Å². The van der Waals surface area contributed by atoms with Crippen LogP contribution in [0.1, 0.15) is 47.0 Å². The number of hydrogen-bond acceptors (Lipinski definition) is 2. The van der Waals surface area contributed by atoms with Crippen molar-refractivity contribution in [3.8, 4) is 0 Å². The van der Waals surface area contributed by atoms with Gasteiger partial charge in [0.15, 0.2) is 0 Å². The average Bonchev–Trinajstić information content (AvgIpc) is 2.37. The summed E-state index contributed by atoms with van der Waals surface area (Å²) >= 11 is 0. The van der Waals surface area contributed by atoms with Gasteiger partial charge in [0, 0.05) is 32.2 Å². The van der Waals surface area contributed by atoms with Gasteiger partial charge in [-0.15, -0.1) is 0 Å². The van der Waals surface area contributed by atoms with E-state index in [1.807, 2.05) is 4.90 Å². The molecule has 0 aliphatic carbocycles. The van der Waals surface area contributed by atoms with Crippen molar-refractivity contribution in [2.75, 3.05) is 32.7 Å². The summed E-state index contributed by atoms with van der Waals surface area (Å²) in [7, 11) is 0. The molecule has 0 bridgehead atoms. The summed E-state index contributed by atoms with van der Waals surface area (Å²) in [5.41, 5.74) is 0. The third kappa shape index (κ3) is 5.17. The fourth-order valence-electron chi connectivity index (χ4n) is 4.02. The minimum absolute atomic E-state index is 0.131. The second-order valence-electron chi connectivity index (χ2n) is 7.71. The Balaban J connectivity index is 1.76. The smallest absolute Gasteiger partial charge is 0.317 e. The van der Waals surface area contributed by atoms with Gasteiger partial charge in [0.1, 0.15) is 0 Å². The van der Waals surface area contributed by atoms with Gasteiger partial charge in [0.05, 0.1) is 0 Å². The Morgan fingerprint density at radius 2 is 1.81 bits per heavy atom. The Bertz CT molecular complexity index is 337. The van der Waals surface area contributed by atoms with Crippen LogP contribution in [0.2, 0.25) is 0 Å². The Morgan fingerprint density at radius 1 is 1.14 bits per heavy atom. The highest BCUT2D eigenvalue weighted by Crippen LogP contribution is 2.21. The zero-order chi connectivity index (χ0) is 15.4. The minimum atomic E-state index is 0.131. The molecule has 2 aliphatic rings. The lowest BCUT2D eigenvalue weighted by atomic mass is 9.92. The summed E-state index contributed by atoms with van der Waals surface area (Å²) in [5.74, 6) is 2.04. The van der Waals surface area contributed by atoms with E-state index in [4.69, 9.17) is 0 Å². The minimum Gasteiger partial charge on any atom is -0.334 e. The maximum Gasteiger partial charge on any atom is 0.317 e. The van der Waals surface area contributed by atoms with Gasteiger partial charge in [-0.3, -0.25) is 0 Å². The topological polar surface area (TPSA) is 35.6 Å². The fourth-order valence-corrected chi connectivity index (χ4v) is 4.02. The number of nitrogens with one attached hydrogen (secondary N) is 1. The van der Waals surface area contributed by atoms with Gasteiger partial charge in [-0.25, -0.2) is 4.79 Å². The van der Waals surface area contributed by atoms with Crippen LogP contribution < -0.4 is 5.32 Å². The molecule has 4 unspecified atom stereocenters. The van der Waals surface area contributed by atoms with Gasteiger partial charge < -0.3 is 15.1 Å². The van der Waals surface area contributed by atoms with E-state index in [0.717, 1.165) is 25.6 Å². The molecule has 0 aromatic rings. The summed E-state index contributed by atoms with van der Waals surface area (Å²) in [6, 6.07) is 0.362. The van der Waals surface area contributed by atoms with Crippen LogP contribution in [0, 0.1) is 17.8 Å². The van der Waals surface area contributed by atoms with Crippen molar-refractivity contribution in [2.45, 2.75) is 53.0 Å². The number of nitrogens with zero attached hydrogens (tertiary/aromatic N) is 2. The maximum atomic E-state index is 12.4. The lowest BCUT2D eigenvalue weighted by molar-refractivity contribution is 0.136. The molecular weight excluding hydrogens is 262 g/mol. The molecule has 122 valence electrons. The van der Waals surface area contributed by atoms with Crippen molar-refractivity contribution in [1.82, 2.24) is 15.1 Å². The molecule has 2 heterocycles. The fraction of sp³-hybridized carbons (Fsp3) is 0.941. The SMILES string of the molecule is CC1CCCN(CC(C)NC(=O)N2CC(C)CC(C)C2)C1. The summed E-state index contributed by atoms with van der Waals surface area (Å²) < 4.78 is 0. The zero-order valence-corrected chi connectivity index (χ0v) is 14.3. The van der Waals surface area contributed by atoms with E-state index in [1.54, 1.807) is 0 Å². The number of carbonyl (C=O) groups is 1. The summed E-state index contributed by atoms with van der Waals surface area (Å²) in [5, 5.41) is 3.20. The van der Waals surface area contributed by atoms with Crippen LogP contribution in [-0.2, 0) is 0 Å². The predicted molar refractivity (Wildman–Crippen MR) is 87.3 cm³/mol. The molecule has 2 aliphatic heterocycles. The van der Waals surface area contributed by atoms with E-state index in [1.165, 1.54) is 32.4 Å². The summed E-state index contributed by atoms with van der Waals surface area (Å²) in [4.78, 5) is 16.9. The van der Waals surface area contributed by atoms with Gasteiger partial charge in [-0.1, -0.05) is 20.8 Å². The van der Waals surface area contributed by atoms with E-state index in [-0.39, 0.29) is 12.1 Å². The van der Waals surface area contributed by atoms with Crippen molar-refractivity contribution in [2.24, 2.45) is 17.8 Å². The Labute approximate surface area is 130 Å². The van der Waals surface area contributed by atoms with E-state index in [9.17, 15) is 4.79 Å². The monoisotopic (exact) mass is 295 g/mol. The average molecular weight is 295 g/mol. The van der Waals surface area contributed by atoms with Crippen molar-refractivity contribution < 1.29 is 4.79 Å². The largest absolute Gasteiger partial charge is 0.334 e. The molecule has 2 amide bonds. The molecule has 2 fully saturated rings. The standard InChI is InChI=1S/C17H33N3O/c1-13-6-5-7-19(9-13)12-16(4)18-17(21)20-10-14(2)8-15(3)11-20/h13-16H,5-12H2,1-4H3,(H,18,21). The number of urea groups is 1. The van der Waals surface area contributed by atoms with E-state index >= 15 is 0 Å². The molecule has 4 heteroatoms. The highest BCUT2D eigenvalue weighted by molar-refractivity contribution is 5.74. The lowest BCUT2D eigenvalue weighted by Gasteiger charge is -2.37.